The number of hydrogen-bond acceptors (Lipinski definition) is 6. The van der Waals surface area contributed by atoms with Crippen LogP contribution in [0.4, 0.5) is 0 Å². The van der Waals surface area contributed by atoms with E-state index in [1.165, 1.54) is 177 Å². The van der Waals surface area contributed by atoms with Crippen LogP contribution < -0.4 is 0 Å². The predicted molar refractivity (Wildman–Crippen MR) is 460 cm³/mol. The summed E-state index contributed by atoms with van der Waals surface area (Å²) in [6, 6.07) is 29.6. The molecular weight excluding hydrogens is 1940 g/mol. The van der Waals surface area contributed by atoms with Crippen LogP contribution in [-0.4, -0.2) is 97.9 Å². The van der Waals surface area contributed by atoms with Gasteiger partial charge in [0.25, 0.3) is 0 Å². The number of aromatic hydroxyl groups is 1. The molecule has 6 N–H and O–H groups in total. The molecule has 5 aliphatic rings. The first-order valence-electron chi connectivity index (χ1n) is 34.5. The number of unbranched alkanes of at least 4 members (excludes halogenated alkanes) is 16. The number of aryl methyl sites for hydroxylation is 2. The van der Waals surface area contributed by atoms with E-state index in [0.717, 1.165) is 74.1 Å². The van der Waals surface area contributed by atoms with Gasteiger partial charge in [-0.2, -0.15) is 0 Å². The topological polar surface area (TPSA) is 138 Å². The number of carboxylic acids is 1. The van der Waals surface area contributed by atoms with E-state index in [-0.39, 0.29) is 19.3 Å². The summed E-state index contributed by atoms with van der Waals surface area (Å²) < 4.78 is 7.63. The van der Waals surface area contributed by atoms with Crippen molar-refractivity contribution in [3.05, 3.63) is 102 Å². The second-order valence-corrected chi connectivity index (χ2v) is 35.2. The predicted octanol–water partition coefficient (Wildman–Crippen LogP) is 25.4. The maximum atomic E-state index is 10.2. The molecule has 5 aliphatic carbocycles. The standard InChI is InChI=1S/C12H25I.C11H21IO2.C10H15I.C9H11I.C9H12O.C6H11I.C6H6O.C3H6ClI.C3H7I.C3H8O.C2H6O.CH4O/c1-2-3-4-5-6-7-8-9-10-11-12-13;12-10-8-6-4-2-1-3-5-7-9-11(13)14;11-10-4-7-1-8(5-10)3-9(2-7)6-10;2*10-8-4-7-9-5-2-1-3-6-9;2*7-6-4-2-1-3-5-6;4-2-1-3-5;2*1-3(2)4;1-2-3;1-2/h2-12H2,1H3;1-10H2,(H,13,14);7-9H,1-6H2;1-3,5-6H,4,7-8H2;1-3,5-6,10H,4,7-8H2;6H,1-5H2;1-5,7H;1-3H2;3H,1-2H3;3-4H,1-2H3;3H,2H2,1H3;2H,1H3. The van der Waals surface area contributed by atoms with Gasteiger partial charge in [0.05, 0.1) is 0 Å². The number of carboxylic acid groups (broad SMARTS) is 1. The van der Waals surface area contributed by atoms with Gasteiger partial charge in [-0.15, -0.1) is 11.6 Å². The van der Waals surface area contributed by atoms with Crippen LogP contribution >= 0.6 is 170 Å². The second kappa shape index (κ2) is 81.8. The number of aliphatic hydroxyl groups is 4. The van der Waals surface area contributed by atoms with Gasteiger partial charge < -0.3 is 30.6 Å². The van der Waals surface area contributed by atoms with E-state index >= 15 is 0 Å². The van der Waals surface area contributed by atoms with Gasteiger partial charge in [-0.05, 0) is 178 Å². The Kier molecular flexibility index (Phi) is 91.7. The second-order valence-electron chi connectivity index (χ2n) is 23.9. The van der Waals surface area contributed by atoms with Crippen LogP contribution in [0, 0.1) is 17.8 Å². The van der Waals surface area contributed by atoms with Gasteiger partial charge in [0, 0.05) is 54.4 Å². The zero-order chi connectivity index (χ0) is 68.6. The average Bonchev–Trinajstić information content (AvgIpc) is 0.780. The minimum absolute atomic E-state index is 0.167. The number of carbonyl (C=O) groups is 1. The van der Waals surface area contributed by atoms with Crippen molar-refractivity contribution in [2.75, 3.05) is 43.9 Å². The average molecular weight is 2070 g/mol. The monoisotopic (exact) mass is 2070 g/mol. The maximum Gasteiger partial charge on any atom is 0.303 e. The lowest BCUT2D eigenvalue weighted by atomic mass is 9.56. The number of alkyl halides is 8. The lowest BCUT2D eigenvalue weighted by Gasteiger charge is -2.54. The quantitative estimate of drug-likeness (QED) is 0.0242. The van der Waals surface area contributed by atoms with Gasteiger partial charge in [0.15, 0.2) is 0 Å². The van der Waals surface area contributed by atoms with E-state index in [2.05, 4.69) is 221 Å². The van der Waals surface area contributed by atoms with E-state index in [0.29, 0.717) is 12.2 Å². The molecule has 0 unspecified atom stereocenters. The molecule has 0 heterocycles. The summed E-state index contributed by atoms with van der Waals surface area (Å²) in [6.07, 6.45) is 46.8. The van der Waals surface area contributed by atoms with Gasteiger partial charge in [-0.1, -0.05) is 373 Å². The number of aliphatic hydroxyl groups excluding tert-OH is 4. The van der Waals surface area contributed by atoms with Crippen LogP contribution in [0.2, 0.25) is 0 Å². The smallest absolute Gasteiger partial charge is 0.303 e. The molecule has 0 aromatic heterocycles. The number of phenolic OH excluding ortho intramolecular Hbond substituents is 1. The number of para-hydroxylation sites is 1. The van der Waals surface area contributed by atoms with E-state index in [1.807, 2.05) is 24.3 Å². The van der Waals surface area contributed by atoms with Crippen molar-refractivity contribution in [3.63, 3.8) is 0 Å². The maximum absolute atomic E-state index is 10.2. The van der Waals surface area contributed by atoms with E-state index in [4.69, 9.17) is 42.2 Å². The number of aliphatic carboxylic acids is 1. The highest BCUT2D eigenvalue weighted by molar-refractivity contribution is 14.1. The van der Waals surface area contributed by atoms with Crippen molar-refractivity contribution >= 4 is 176 Å². The summed E-state index contributed by atoms with van der Waals surface area (Å²) in [7, 11) is 1.00. The Labute approximate surface area is 655 Å². The summed E-state index contributed by atoms with van der Waals surface area (Å²) in [5.41, 5.74) is 2.76. The molecule has 0 spiro atoms. The summed E-state index contributed by atoms with van der Waals surface area (Å²) in [5.74, 6) is 3.88. The fourth-order valence-electron chi connectivity index (χ4n) is 10.4. The Morgan fingerprint density at radius 2 is 0.844 bits per heavy atom. The summed E-state index contributed by atoms with van der Waals surface area (Å²) in [4.78, 5) is 10.2. The lowest BCUT2D eigenvalue weighted by Crippen LogP contribution is -2.46. The Hall–Kier alpha value is 2.17. The SMILES string of the molecule is CC(C)I.CC(C)O.CCCCCCCCCCCCI.CCO.CO.ClCCCI.IC12CC3CC(CC(C3)C1)C2.IC1CCCCC1.ICCCc1ccccc1.O=C(O)CCCCCCCCCCI.OCCCc1ccccc1.Oc1ccccc1. The number of hydrogen-bond donors (Lipinski definition) is 6. The van der Waals surface area contributed by atoms with E-state index in [1.54, 1.807) is 83.6 Å². The first-order valence-corrected chi connectivity index (χ1v) is 44.7. The Morgan fingerprint density at radius 1 is 0.533 bits per heavy atom. The molecule has 0 aliphatic heterocycles. The molecule has 3 aromatic carbocycles. The molecule has 0 radical (unpaired) electrons. The van der Waals surface area contributed by atoms with Gasteiger partial charge in [0.2, 0.25) is 0 Å². The number of phenols is 1. The Balaban J connectivity index is -0.000000301. The normalized spacial score (nSPS) is 16.8. The first-order chi connectivity index (χ1) is 43.4. The highest BCUT2D eigenvalue weighted by atomic mass is 127. The summed E-state index contributed by atoms with van der Waals surface area (Å²) >= 11 is 22.6. The molecule has 5 fully saturated rings. The van der Waals surface area contributed by atoms with Crippen LogP contribution in [0.3, 0.4) is 0 Å². The van der Waals surface area contributed by atoms with Gasteiger partial charge in [-0.25, -0.2) is 0 Å². The largest absolute Gasteiger partial charge is 0.508 e. The van der Waals surface area contributed by atoms with Crippen LogP contribution in [0.5, 0.6) is 5.75 Å². The minimum atomic E-state index is -0.660. The van der Waals surface area contributed by atoms with E-state index < -0.39 is 5.97 Å². The van der Waals surface area contributed by atoms with Crippen molar-refractivity contribution in [2.24, 2.45) is 17.8 Å². The van der Waals surface area contributed by atoms with Gasteiger partial charge in [0.1, 0.15) is 5.75 Å². The van der Waals surface area contributed by atoms with Crippen molar-refractivity contribution in [1.82, 2.24) is 0 Å². The molecule has 530 valence electrons. The van der Waals surface area contributed by atoms with Crippen LogP contribution in [-0.2, 0) is 17.6 Å². The fraction of sp³-hybridized carbons (Fsp3) is 0.747. The molecule has 0 amide bonds. The fourth-order valence-corrected chi connectivity index (χ4v) is 15.6. The third-order valence-electron chi connectivity index (χ3n) is 14.2. The molecule has 0 saturated heterocycles. The van der Waals surface area contributed by atoms with Crippen LogP contribution in [0.1, 0.15) is 265 Å². The molecule has 90 heavy (non-hydrogen) atoms. The van der Waals surface area contributed by atoms with Crippen LogP contribution in [0.15, 0.2) is 91.0 Å². The molecule has 15 heteroatoms. The highest BCUT2D eigenvalue weighted by Gasteiger charge is 2.49. The summed E-state index contributed by atoms with van der Waals surface area (Å²) in [5, 5.41) is 48.2. The molecule has 5 saturated carbocycles. The van der Waals surface area contributed by atoms with Crippen molar-refractivity contribution in [2.45, 2.75) is 284 Å². The molecule has 7 nitrogen and oxygen atoms in total. The zero-order valence-corrected chi connectivity index (χ0v) is 73.3. The first kappa shape index (κ1) is 101. The highest BCUT2D eigenvalue weighted by Crippen LogP contribution is 2.59. The number of rotatable bonds is 28. The number of benzene rings is 3. The van der Waals surface area contributed by atoms with E-state index in [9.17, 15) is 4.79 Å². The molecule has 4 bridgehead atoms. The Morgan fingerprint density at radius 3 is 1.09 bits per heavy atom. The third kappa shape index (κ3) is 84.4. The lowest BCUT2D eigenvalue weighted by molar-refractivity contribution is -0.137. The van der Waals surface area contributed by atoms with Crippen molar-refractivity contribution in [3.8, 4) is 5.75 Å². The zero-order valence-electron chi connectivity index (χ0n) is 57.4. The summed E-state index contributed by atoms with van der Waals surface area (Å²) in [6.45, 7) is 12.3. The third-order valence-corrected chi connectivity index (χ3v) is 20.1. The van der Waals surface area contributed by atoms with Crippen LogP contribution in [0.25, 0.3) is 0 Å². The molecular formula is C75H132ClI7O7. The van der Waals surface area contributed by atoms with Crippen molar-refractivity contribution in [1.29, 1.82) is 0 Å². The van der Waals surface area contributed by atoms with Gasteiger partial charge in [-0.3, -0.25) is 4.79 Å². The Bertz CT molecular complexity index is 1670. The van der Waals surface area contributed by atoms with Gasteiger partial charge >= 0.3 is 5.97 Å². The number of halogens is 8. The molecule has 3 aromatic rings. The molecule has 0 atom stereocenters. The minimum Gasteiger partial charge on any atom is -0.508 e. The van der Waals surface area contributed by atoms with Crippen molar-refractivity contribution < 1.29 is 35.4 Å². The molecule has 8 rings (SSSR count).